The van der Waals surface area contributed by atoms with E-state index in [0.717, 1.165) is 31.6 Å². The summed E-state index contributed by atoms with van der Waals surface area (Å²) in [6.45, 7) is 13.3. The van der Waals surface area contributed by atoms with E-state index in [4.69, 9.17) is 18.9 Å². The van der Waals surface area contributed by atoms with Gasteiger partial charge in [0.25, 0.3) is 0 Å². The first-order chi connectivity index (χ1) is 8.77. The topological polar surface area (TPSA) is 36.9 Å². The summed E-state index contributed by atoms with van der Waals surface area (Å²) in [5, 5.41) is 0. The summed E-state index contributed by atoms with van der Waals surface area (Å²) >= 11 is 0. The SMILES string of the molecule is C=C(C)COCCOCCCOCCOCCC. The van der Waals surface area contributed by atoms with Gasteiger partial charge in [-0.25, -0.2) is 0 Å². The van der Waals surface area contributed by atoms with Gasteiger partial charge in [-0.05, 0) is 19.8 Å². The monoisotopic (exact) mass is 260 g/mol. The highest BCUT2D eigenvalue weighted by atomic mass is 16.5. The molecule has 0 aromatic rings. The zero-order valence-electron chi connectivity index (χ0n) is 11.9. The fourth-order valence-electron chi connectivity index (χ4n) is 1.20. The molecule has 0 amide bonds. The van der Waals surface area contributed by atoms with E-state index in [-0.39, 0.29) is 0 Å². The Morgan fingerprint density at radius 2 is 1.28 bits per heavy atom. The number of hydrogen-bond acceptors (Lipinski definition) is 4. The van der Waals surface area contributed by atoms with Gasteiger partial charge in [-0.3, -0.25) is 0 Å². The molecule has 0 atom stereocenters. The van der Waals surface area contributed by atoms with Crippen molar-refractivity contribution >= 4 is 0 Å². The highest BCUT2D eigenvalue weighted by Crippen LogP contribution is 1.90. The normalized spacial score (nSPS) is 10.8. The Labute approximate surface area is 111 Å². The lowest BCUT2D eigenvalue weighted by molar-refractivity contribution is 0.0247. The lowest BCUT2D eigenvalue weighted by Crippen LogP contribution is -2.09. The predicted molar refractivity (Wildman–Crippen MR) is 73.0 cm³/mol. The summed E-state index contributed by atoms with van der Waals surface area (Å²) in [5.41, 5.74) is 1.04. The van der Waals surface area contributed by atoms with Crippen LogP contribution in [0.3, 0.4) is 0 Å². The third-order valence-corrected chi connectivity index (χ3v) is 2.02. The zero-order valence-corrected chi connectivity index (χ0v) is 11.9. The molecule has 0 aliphatic heterocycles. The third-order valence-electron chi connectivity index (χ3n) is 2.02. The molecule has 0 saturated heterocycles. The standard InChI is InChI=1S/C14H28O4/c1-4-6-15-9-10-16-7-5-8-17-11-12-18-13-14(2)3/h2,4-13H2,1,3H3. The van der Waals surface area contributed by atoms with Gasteiger partial charge in [-0.15, -0.1) is 0 Å². The number of rotatable bonds is 14. The van der Waals surface area contributed by atoms with Crippen LogP contribution in [0.25, 0.3) is 0 Å². The van der Waals surface area contributed by atoms with E-state index >= 15 is 0 Å². The van der Waals surface area contributed by atoms with Gasteiger partial charge in [0.15, 0.2) is 0 Å². The molecule has 0 bridgehead atoms. The van der Waals surface area contributed by atoms with E-state index in [2.05, 4.69) is 13.5 Å². The Balaban J connectivity index is 2.92. The molecule has 0 fully saturated rings. The average molecular weight is 260 g/mol. The largest absolute Gasteiger partial charge is 0.379 e. The minimum absolute atomic E-state index is 0.615. The molecule has 0 aliphatic rings. The van der Waals surface area contributed by atoms with Gasteiger partial charge in [0, 0.05) is 19.8 Å². The fraction of sp³-hybridized carbons (Fsp3) is 0.857. The van der Waals surface area contributed by atoms with Gasteiger partial charge in [0.05, 0.1) is 33.0 Å². The highest BCUT2D eigenvalue weighted by Gasteiger charge is 1.92. The maximum Gasteiger partial charge on any atom is 0.0704 e. The molecule has 4 heteroatoms. The van der Waals surface area contributed by atoms with E-state index < -0.39 is 0 Å². The van der Waals surface area contributed by atoms with Crippen molar-refractivity contribution in [3.05, 3.63) is 12.2 Å². The second-order valence-electron chi connectivity index (χ2n) is 4.20. The van der Waals surface area contributed by atoms with Gasteiger partial charge in [-0.1, -0.05) is 19.1 Å². The second-order valence-corrected chi connectivity index (χ2v) is 4.20. The van der Waals surface area contributed by atoms with E-state index in [1.165, 1.54) is 0 Å². The van der Waals surface area contributed by atoms with Crippen molar-refractivity contribution in [1.82, 2.24) is 0 Å². The summed E-state index contributed by atoms with van der Waals surface area (Å²) in [6, 6.07) is 0. The smallest absolute Gasteiger partial charge is 0.0704 e. The van der Waals surface area contributed by atoms with Crippen molar-refractivity contribution in [2.24, 2.45) is 0 Å². The molecule has 4 nitrogen and oxygen atoms in total. The molecule has 0 saturated carbocycles. The van der Waals surface area contributed by atoms with Crippen LogP contribution >= 0.6 is 0 Å². The van der Waals surface area contributed by atoms with Gasteiger partial charge in [0.2, 0.25) is 0 Å². The van der Waals surface area contributed by atoms with E-state index in [1.54, 1.807) is 0 Å². The molecule has 0 unspecified atom stereocenters. The van der Waals surface area contributed by atoms with Crippen molar-refractivity contribution in [2.45, 2.75) is 26.7 Å². The van der Waals surface area contributed by atoms with Gasteiger partial charge in [-0.2, -0.15) is 0 Å². The number of ether oxygens (including phenoxy) is 4. The third kappa shape index (κ3) is 15.6. The van der Waals surface area contributed by atoms with Gasteiger partial charge >= 0.3 is 0 Å². The van der Waals surface area contributed by atoms with E-state index in [0.29, 0.717) is 39.6 Å². The van der Waals surface area contributed by atoms with Crippen LogP contribution in [0.1, 0.15) is 26.7 Å². The molecular weight excluding hydrogens is 232 g/mol. The van der Waals surface area contributed by atoms with Crippen LogP contribution in [0.4, 0.5) is 0 Å². The first-order valence-electron chi connectivity index (χ1n) is 6.72. The van der Waals surface area contributed by atoms with Crippen molar-refractivity contribution in [3.63, 3.8) is 0 Å². The Hall–Kier alpha value is -0.420. The lowest BCUT2D eigenvalue weighted by Gasteiger charge is -2.06. The Kier molecular flexibility index (Phi) is 14.3. The molecule has 0 N–H and O–H groups in total. The minimum atomic E-state index is 0.615. The summed E-state index contributed by atoms with van der Waals surface area (Å²) in [6.07, 6.45) is 1.97. The number of hydrogen-bond donors (Lipinski definition) is 0. The minimum Gasteiger partial charge on any atom is -0.379 e. The molecule has 0 heterocycles. The molecule has 0 aromatic carbocycles. The van der Waals surface area contributed by atoms with Crippen LogP contribution in [0.2, 0.25) is 0 Å². The van der Waals surface area contributed by atoms with Crippen LogP contribution in [-0.4, -0.2) is 52.9 Å². The van der Waals surface area contributed by atoms with Crippen LogP contribution < -0.4 is 0 Å². The van der Waals surface area contributed by atoms with Crippen molar-refractivity contribution in [3.8, 4) is 0 Å². The molecule has 0 aliphatic carbocycles. The zero-order chi connectivity index (χ0) is 13.5. The van der Waals surface area contributed by atoms with Crippen LogP contribution in [0.5, 0.6) is 0 Å². The molecule has 108 valence electrons. The Morgan fingerprint density at radius 1 is 0.778 bits per heavy atom. The first-order valence-corrected chi connectivity index (χ1v) is 6.72. The van der Waals surface area contributed by atoms with Crippen LogP contribution in [-0.2, 0) is 18.9 Å². The van der Waals surface area contributed by atoms with Gasteiger partial charge < -0.3 is 18.9 Å². The highest BCUT2D eigenvalue weighted by molar-refractivity contribution is 4.87. The quantitative estimate of drug-likeness (QED) is 0.355. The van der Waals surface area contributed by atoms with Crippen molar-refractivity contribution in [2.75, 3.05) is 52.9 Å². The average Bonchev–Trinajstić information content (AvgIpc) is 2.34. The summed E-state index contributed by atoms with van der Waals surface area (Å²) in [7, 11) is 0. The molecule has 0 aromatic heterocycles. The molecule has 18 heavy (non-hydrogen) atoms. The Bertz CT molecular complexity index is 183. The molecule has 0 rings (SSSR count). The molecule has 0 radical (unpaired) electrons. The van der Waals surface area contributed by atoms with Gasteiger partial charge in [0.1, 0.15) is 0 Å². The van der Waals surface area contributed by atoms with Crippen molar-refractivity contribution < 1.29 is 18.9 Å². The summed E-state index contributed by atoms with van der Waals surface area (Å²) in [4.78, 5) is 0. The second kappa shape index (κ2) is 14.6. The first kappa shape index (κ1) is 17.6. The predicted octanol–water partition coefficient (Wildman–Crippen LogP) is 2.43. The maximum atomic E-state index is 5.39. The van der Waals surface area contributed by atoms with Crippen molar-refractivity contribution in [1.29, 1.82) is 0 Å². The van der Waals surface area contributed by atoms with Crippen LogP contribution in [0.15, 0.2) is 12.2 Å². The Morgan fingerprint density at radius 3 is 1.78 bits per heavy atom. The van der Waals surface area contributed by atoms with Crippen LogP contribution in [0, 0.1) is 0 Å². The molecular formula is C14H28O4. The molecule has 0 spiro atoms. The summed E-state index contributed by atoms with van der Waals surface area (Å²) in [5.74, 6) is 0. The maximum absolute atomic E-state index is 5.39. The van der Waals surface area contributed by atoms with E-state index in [9.17, 15) is 0 Å². The lowest BCUT2D eigenvalue weighted by atomic mass is 10.4. The van der Waals surface area contributed by atoms with E-state index in [1.807, 2.05) is 6.92 Å². The summed E-state index contributed by atoms with van der Waals surface area (Å²) < 4.78 is 21.4. The fourth-order valence-corrected chi connectivity index (χ4v) is 1.20.